The van der Waals surface area contributed by atoms with E-state index >= 15 is 0 Å². The lowest BCUT2D eigenvalue weighted by molar-refractivity contribution is 0.102. The van der Waals surface area contributed by atoms with Gasteiger partial charge in [0.1, 0.15) is 0 Å². The summed E-state index contributed by atoms with van der Waals surface area (Å²) in [7, 11) is 0. The molecule has 1 saturated heterocycles. The van der Waals surface area contributed by atoms with Crippen LogP contribution in [0, 0.1) is 11.6 Å². The number of halogens is 2. The molecule has 3 aromatic rings. The predicted molar refractivity (Wildman–Crippen MR) is 112 cm³/mol. The number of para-hydroxylation sites is 1. The fraction of sp³-hybridized carbons (Fsp3) is 0.174. The SMILES string of the molecule is O=C(Nc1ccccc1)c1ccc(N2CCC(=Cc3ccc(F)c(F)c3)CC2)nn1. The molecule has 0 bridgehead atoms. The highest BCUT2D eigenvalue weighted by Gasteiger charge is 2.17. The van der Waals surface area contributed by atoms with E-state index in [1.165, 1.54) is 11.6 Å². The predicted octanol–water partition coefficient (Wildman–Crippen LogP) is 4.69. The van der Waals surface area contributed by atoms with Crippen molar-refractivity contribution in [1.29, 1.82) is 0 Å². The normalized spacial score (nSPS) is 13.8. The molecule has 7 heteroatoms. The van der Waals surface area contributed by atoms with E-state index in [4.69, 9.17) is 0 Å². The zero-order chi connectivity index (χ0) is 20.9. The molecule has 1 aliphatic heterocycles. The second kappa shape index (κ2) is 8.82. The minimum atomic E-state index is -0.841. The van der Waals surface area contributed by atoms with Crippen molar-refractivity contribution in [3.8, 4) is 0 Å². The largest absolute Gasteiger partial charge is 0.354 e. The number of aromatic nitrogens is 2. The molecule has 1 aromatic heterocycles. The maximum atomic E-state index is 13.4. The molecule has 30 heavy (non-hydrogen) atoms. The number of nitrogens with one attached hydrogen (secondary N) is 1. The summed E-state index contributed by atoms with van der Waals surface area (Å²) in [6.45, 7) is 1.47. The lowest BCUT2D eigenvalue weighted by Crippen LogP contribution is -2.31. The lowest BCUT2D eigenvalue weighted by atomic mass is 10.0. The van der Waals surface area contributed by atoms with Crippen molar-refractivity contribution in [2.45, 2.75) is 12.8 Å². The second-order valence-corrected chi connectivity index (χ2v) is 7.06. The molecule has 0 radical (unpaired) electrons. The van der Waals surface area contributed by atoms with Crippen LogP contribution in [0.5, 0.6) is 0 Å². The van der Waals surface area contributed by atoms with Crippen LogP contribution in [0.4, 0.5) is 20.3 Å². The van der Waals surface area contributed by atoms with E-state index in [1.807, 2.05) is 24.3 Å². The fourth-order valence-corrected chi connectivity index (χ4v) is 3.34. The molecule has 1 fully saturated rings. The van der Waals surface area contributed by atoms with Gasteiger partial charge in [0.25, 0.3) is 5.91 Å². The number of anilines is 2. The fourth-order valence-electron chi connectivity index (χ4n) is 3.34. The minimum absolute atomic E-state index is 0.249. The molecule has 0 saturated carbocycles. The van der Waals surface area contributed by atoms with Gasteiger partial charge >= 0.3 is 0 Å². The van der Waals surface area contributed by atoms with Crippen molar-refractivity contribution in [3.63, 3.8) is 0 Å². The van der Waals surface area contributed by atoms with Gasteiger partial charge in [0.15, 0.2) is 23.1 Å². The Bertz CT molecular complexity index is 1060. The Labute approximate surface area is 173 Å². The zero-order valence-electron chi connectivity index (χ0n) is 16.2. The number of carbonyl (C=O) groups is 1. The van der Waals surface area contributed by atoms with Crippen LogP contribution in [-0.2, 0) is 0 Å². The Morgan fingerprint density at radius 1 is 0.933 bits per heavy atom. The van der Waals surface area contributed by atoms with E-state index < -0.39 is 11.6 Å². The molecular weight excluding hydrogens is 386 g/mol. The van der Waals surface area contributed by atoms with Crippen LogP contribution in [0.25, 0.3) is 6.08 Å². The molecule has 0 aliphatic carbocycles. The number of hydrogen-bond donors (Lipinski definition) is 1. The van der Waals surface area contributed by atoms with E-state index in [9.17, 15) is 13.6 Å². The Morgan fingerprint density at radius 3 is 2.37 bits per heavy atom. The highest BCUT2D eigenvalue weighted by molar-refractivity contribution is 6.02. The van der Waals surface area contributed by atoms with Gasteiger partial charge in [-0.15, -0.1) is 10.2 Å². The van der Waals surface area contributed by atoms with Gasteiger partial charge in [0.05, 0.1) is 0 Å². The van der Waals surface area contributed by atoms with Crippen LogP contribution < -0.4 is 10.2 Å². The smallest absolute Gasteiger partial charge is 0.276 e. The number of hydrogen-bond acceptors (Lipinski definition) is 4. The molecule has 2 heterocycles. The third-order valence-corrected chi connectivity index (χ3v) is 4.96. The Hall–Kier alpha value is -3.61. The highest BCUT2D eigenvalue weighted by Crippen LogP contribution is 2.23. The van der Waals surface area contributed by atoms with E-state index in [0.717, 1.165) is 32.0 Å². The summed E-state index contributed by atoms with van der Waals surface area (Å²) < 4.78 is 26.4. The minimum Gasteiger partial charge on any atom is -0.354 e. The average Bonchev–Trinajstić information content (AvgIpc) is 2.78. The number of amides is 1. The van der Waals surface area contributed by atoms with Crippen molar-refractivity contribution >= 4 is 23.5 Å². The molecule has 2 aromatic carbocycles. The standard InChI is InChI=1S/C23H20F2N4O/c24-19-7-6-17(15-20(19)25)14-16-10-12-29(13-11-16)22-9-8-21(27-28-22)23(30)26-18-4-2-1-3-5-18/h1-9,14-15H,10-13H2,(H,26,30). The summed E-state index contributed by atoms with van der Waals surface area (Å²) in [6.07, 6.45) is 3.48. The van der Waals surface area contributed by atoms with Gasteiger partial charge in [-0.3, -0.25) is 4.79 Å². The van der Waals surface area contributed by atoms with Crippen LogP contribution in [0.2, 0.25) is 0 Å². The first kappa shape index (κ1) is 19.7. The van der Waals surface area contributed by atoms with Crippen LogP contribution >= 0.6 is 0 Å². The number of rotatable bonds is 4. The van der Waals surface area contributed by atoms with Gasteiger partial charge < -0.3 is 10.2 Å². The van der Waals surface area contributed by atoms with Gasteiger partial charge in [-0.05, 0) is 54.8 Å². The van der Waals surface area contributed by atoms with E-state index in [1.54, 1.807) is 30.3 Å². The Kier molecular flexibility index (Phi) is 5.79. The van der Waals surface area contributed by atoms with Crippen molar-refractivity contribution in [2.75, 3.05) is 23.3 Å². The summed E-state index contributed by atoms with van der Waals surface area (Å²) in [5.74, 6) is -1.28. The first-order valence-electron chi connectivity index (χ1n) is 9.68. The molecule has 0 spiro atoms. The topological polar surface area (TPSA) is 58.1 Å². The Morgan fingerprint density at radius 2 is 1.70 bits per heavy atom. The maximum Gasteiger partial charge on any atom is 0.276 e. The molecule has 1 N–H and O–H groups in total. The van der Waals surface area contributed by atoms with Crippen molar-refractivity contribution in [2.24, 2.45) is 0 Å². The second-order valence-electron chi connectivity index (χ2n) is 7.06. The number of carbonyl (C=O) groups excluding carboxylic acids is 1. The summed E-state index contributed by atoms with van der Waals surface area (Å²) >= 11 is 0. The summed E-state index contributed by atoms with van der Waals surface area (Å²) in [5.41, 5.74) is 2.78. The summed E-state index contributed by atoms with van der Waals surface area (Å²) in [6, 6.07) is 16.5. The molecule has 5 nitrogen and oxygen atoms in total. The number of piperidine rings is 1. The third kappa shape index (κ3) is 4.68. The highest BCUT2D eigenvalue weighted by atomic mass is 19.2. The van der Waals surface area contributed by atoms with Crippen LogP contribution in [0.3, 0.4) is 0 Å². The average molecular weight is 406 g/mol. The van der Waals surface area contributed by atoms with Crippen molar-refractivity contribution in [3.05, 3.63) is 89.1 Å². The summed E-state index contributed by atoms with van der Waals surface area (Å²) in [5, 5.41) is 11.0. The molecule has 152 valence electrons. The van der Waals surface area contributed by atoms with E-state index in [-0.39, 0.29) is 11.6 Å². The van der Waals surface area contributed by atoms with E-state index in [2.05, 4.69) is 20.4 Å². The Balaban J connectivity index is 1.36. The quantitative estimate of drug-likeness (QED) is 0.683. The number of nitrogens with zero attached hydrogens (tertiary/aromatic N) is 3. The maximum absolute atomic E-state index is 13.4. The lowest BCUT2D eigenvalue weighted by Gasteiger charge is -2.29. The molecular formula is C23H20F2N4O. The van der Waals surface area contributed by atoms with Crippen LogP contribution in [0.15, 0.2) is 66.2 Å². The van der Waals surface area contributed by atoms with Gasteiger partial charge in [-0.2, -0.15) is 0 Å². The van der Waals surface area contributed by atoms with Gasteiger partial charge in [-0.1, -0.05) is 35.9 Å². The van der Waals surface area contributed by atoms with Crippen molar-refractivity contribution in [1.82, 2.24) is 10.2 Å². The van der Waals surface area contributed by atoms with Gasteiger partial charge in [-0.25, -0.2) is 8.78 Å². The van der Waals surface area contributed by atoms with Crippen LogP contribution in [0.1, 0.15) is 28.9 Å². The molecule has 4 rings (SSSR count). The van der Waals surface area contributed by atoms with E-state index in [0.29, 0.717) is 17.1 Å². The van der Waals surface area contributed by atoms with Gasteiger partial charge in [0, 0.05) is 18.8 Å². The molecule has 0 unspecified atom stereocenters. The third-order valence-electron chi connectivity index (χ3n) is 4.96. The molecule has 0 atom stereocenters. The summed E-state index contributed by atoms with van der Waals surface area (Å²) in [4.78, 5) is 14.4. The monoisotopic (exact) mass is 406 g/mol. The molecule has 1 aliphatic rings. The first-order chi connectivity index (χ1) is 14.6. The van der Waals surface area contributed by atoms with Gasteiger partial charge in [0.2, 0.25) is 0 Å². The van der Waals surface area contributed by atoms with Crippen molar-refractivity contribution < 1.29 is 13.6 Å². The molecule has 1 amide bonds. The first-order valence-corrected chi connectivity index (χ1v) is 9.68. The van der Waals surface area contributed by atoms with Crippen LogP contribution in [-0.4, -0.2) is 29.2 Å². The zero-order valence-corrected chi connectivity index (χ0v) is 16.2. The number of benzene rings is 2.